The van der Waals surface area contributed by atoms with E-state index in [1.807, 2.05) is 30.9 Å². The largest absolute Gasteiger partial charge is 0.397 e. The van der Waals surface area contributed by atoms with Gasteiger partial charge in [0.2, 0.25) is 0 Å². The summed E-state index contributed by atoms with van der Waals surface area (Å²) in [5, 5.41) is 1.56. The Labute approximate surface area is 134 Å². The first-order chi connectivity index (χ1) is 9.81. The lowest BCUT2D eigenvalue weighted by Crippen LogP contribution is -2.39. The zero-order chi connectivity index (χ0) is 15.7. The van der Waals surface area contributed by atoms with Gasteiger partial charge in [-0.15, -0.1) is 11.3 Å². The van der Waals surface area contributed by atoms with Gasteiger partial charge in [-0.05, 0) is 38.0 Å². The van der Waals surface area contributed by atoms with E-state index in [1.165, 1.54) is 11.3 Å². The van der Waals surface area contributed by atoms with Crippen LogP contribution in [0.4, 0.5) is 5.69 Å². The van der Waals surface area contributed by atoms with Crippen molar-refractivity contribution in [1.82, 2.24) is 4.90 Å². The number of thiophene rings is 1. The molecule has 1 heterocycles. The number of fused-ring (bicyclic) bond motifs is 1. The summed E-state index contributed by atoms with van der Waals surface area (Å²) in [7, 11) is 0. The van der Waals surface area contributed by atoms with Gasteiger partial charge in [0.25, 0.3) is 5.91 Å². The predicted molar refractivity (Wildman–Crippen MR) is 92.3 cm³/mol. The fourth-order valence-electron chi connectivity index (χ4n) is 2.30. The van der Waals surface area contributed by atoms with Gasteiger partial charge < -0.3 is 10.6 Å². The maximum atomic E-state index is 12.8. The zero-order valence-electron chi connectivity index (χ0n) is 12.8. The van der Waals surface area contributed by atoms with Crippen LogP contribution in [0.3, 0.4) is 0 Å². The lowest BCUT2D eigenvalue weighted by Gasteiger charge is -2.28. The molecule has 1 aromatic carbocycles. The normalized spacial score (nSPS) is 11.6. The van der Waals surface area contributed by atoms with E-state index in [9.17, 15) is 4.79 Å². The highest BCUT2D eigenvalue weighted by Gasteiger charge is 2.24. The molecule has 0 radical (unpaired) electrons. The summed E-state index contributed by atoms with van der Waals surface area (Å²) in [6.07, 6.45) is 0. The summed E-state index contributed by atoms with van der Waals surface area (Å²) in [5.74, 6) is 0.426. The van der Waals surface area contributed by atoms with Crippen molar-refractivity contribution in [2.45, 2.75) is 33.7 Å². The second-order valence-corrected chi connectivity index (χ2v) is 7.42. The van der Waals surface area contributed by atoms with Crippen molar-refractivity contribution in [3.05, 3.63) is 28.1 Å². The molecule has 1 aromatic heterocycles. The monoisotopic (exact) mass is 324 g/mol. The third kappa shape index (κ3) is 3.33. The molecule has 2 rings (SSSR count). The van der Waals surface area contributed by atoms with E-state index < -0.39 is 0 Å². The van der Waals surface area contributed by atoms with Crippen LogP contribution in [-0.2, 0) is 0 Å². The highest BCUT2D eigenvalue weighted by molar-refractivity contribution is 7.21. The molecule has 0 aliphatic carbocycles. The molecule has 0 fully saturated rings. The Morgan fingerprint density at radius 2 is 2.00 bits per heavy atom. The summed E-state index contributed by atoms with van der Waals surface area (Å²) in [6.45, 7) is 9.00. The number of benzene rings is 1. The molecule has 0 spiro atoms. The Bertz CT molecular complexity index is 664. The topological polar surface area (TPSA) is 46.3 Å². The Hall–Kier alpha value is -1.26. The average molecular weight is 325 g/mol. The van der Waals surface area contributed by atoms with Crippen LogP contribution >= 0.6 is 22.9 Å². The van der Waals surface area contributed by atoms with Crippen molar-refractivity contribution in [1.29, 1.82) is 0 Å². The first kappa shape index (κ1) is 16.1. The van der Waals surface area contributed by atoms with Gasteiger partial charge in [0.1, 0.15) is 4.88 Å². The third-order valence-electron chi connectivity index (χ3n) is 3.33. The highest BCUT2D eigenvalue weighted by Crippen LogP contribution is 2.36. The van der Waals surface area contributed by atoms with Gasteiger partial charge in [-0.2, -0.15) is 0 Å². The van der Waals surface area contributed by atoms with Gasteiger partial charge in [0.15, 0.2) is 0 Å². The summed E-state index contributed by atoms with van der Waals surface area (Å²) in [6, 6.07) is 5.68. The quantitative estimate of drug-likeness (QED) is 0.890. The number of halogens is 1. The molecule has 2 N–H and O–H groups in total. The van der Waals surface area contributed by atoms with E-state index in [2.05, 4.69) is 13.8 Å². The molecule has 0 aliphatic heterocycles. The van der Waals surface area contributed by atoms with Crippen LogP contribution in [0, 0.1) is 5.92 Å². The molecule has 0 saturated heterocycles. The molecule has 0 bridgehead atoms. The Morgan fingerprint density at radius 3 is 2.57 bits per heavy atom. The number of carbonyl (C=O) groups is 1. The van der Waals surface area contributed by atoms with Gasteiger partial charge in [-0.1, -0.05) is 25.4 Å². The van der Waals surface area contributed by atoms with Crippen LogP contribution < -0.4 is 5.73 Å². The molecule has 114 valence electrons. The second kappa shape index (κ2) is 6.24. The van der Waals surface area contributed by atoms with Crippen molar-refractivity contribution in [3.63, 3.8) is 0 Å². The van der Waals surface area contributed by atoms with E-state index in [-0.39, 0.29) is 11.9 Å². The van der Waals surface area contributed by atoms with Gasteiger partial charge in [0.05, 0.1) is 5.69 Å². The number of nitrogens with zero attached hydrogens (tertiary/aromatic N) is 1. The fraction of sp³-hybridized carbons (Fsp3) is 0.438. The first-order valence-electron chi connectivity index (χ1n) is 7.09. The number of nitrogen functional groups attached to an aromatic ring is 1. The van der Waals surface area contributed by atoms with Gasteiger partial charge >= 0.3 is 0 Å². The number of hydrogen-bond acceptors (Lipinski definition) is 3. The van der Waals surface area contributed by atoms with Crippen molar-refractivity contribution in [3.8, 4) is 0 Å². The molecule has 0 saturated carbocycles. The maximum Gasteiger partial charge on any atom is 0.266 e. The Kier molecular flexibility index (Phi) is 4.79. The molecule has 21 heavy (non-hydrogen) atoms. The SMILES string of the molecule is CC(C)CN(C(=O)c1sc2cc(Cl)ccc2c1N)C(C)C. The molecule has 0 atom stereocenters. The van der Waals surface area contributed by atoms with Gasteiger partial charge in [-0.3, -0.25) is 4.79 Å². The smallest absolute Gasteiger partial charge is 0.266 e. The molecule has 0 unspecified atom stereocenters. The Morgan fingerprint density at radius 1 is 1.33 bits per heavy atom. The van der Waals surface area contributed by atoms with Crippen LogP contribution in [0.5, 0.6) is 0 Å². The van der Waals surface area contributed by atoms with Crippen LogP contribution in [0.2, 0.25) is 5.02 Å². The van der Waals surface area contributed by atoms with Gasteiger partial charge in [0, 0.05) is 27.7 Å². The number of rotatable bonds is 4. The molecule has 3 nitrogen and oxygen atoms in total. The van der Waals surface area contributed by atoms with Crippen LogP contribution in [0.25, 0.3) is 10.1 Å². The van der Waals surface area contributed by atoms with E-state index >= 15 is 0 Å². The highest BCUT2D eigenvalue weighted by atomic mass is 35.5. The van der Waals surface area contributed by atoms with Crippen molar-refractivity contribution < 1.29 is 4.79 Å². The number of amides is 1. The molecular weight excluding hydrogens is 304 g/mol. The van der Waals surface area contributed by atoms with Crippen molar-refractivity contribution in [2.75, 3.05) is 12.3 Å². The van der Waals surface area contributed by atoms with Gasteiger partial charge in [-0.25, -0.2) is 0 Å². The molecule has 2 aromatic rings. The fourth-order valence-corrected chi connectivity index (χ4v) is 3.66. The number of hydrogen-bond donors (Lipinski definition) is 1. The lowest BCUT2D eigenvalue weighted by molar-refractivity contribution is 0.0688. The minimum atomic E-state index is 0.00789. The zero-order valence-corrected chi connectivity index (χ0v) is 14.4. The first-order valence-corrected chi connectivity index (χ1v) is 8.29. The van der Waals surface area contributed by atoms with Crippen LogP contribution in [-0.4, -0.2) is 23.4 Å². The van der Waals surface area contributed by atoms with E-state index in [0.29, 0.717) is 21.5 Å². The lowest BCUT2D eigenvalue weighted by atomic mass is 10.1. The molecule has 1 amide bonds. The summed E-state index contributed by atoms with van der Waals surface area (Å²) < 4.78 is 0.955. The minimum Gasteiger partial charge on any atom is -0.397 e. The molecule has 5 heteroatoms. The van der Waals surface area contributed by atoms with E-state index in [4.69, 9.17) is 17.3 Å². The van der Waals surface area contributed by atoms with Crippen LogP contribution in [0.1, 0.15) is 37.4 Å². The van der Waals surface area contributed by atoms with Crippen molar-refractivity contribution in [2.24, 2.45) is 5.92 Å². The summed E-state index contributed by atoms with van der Waals surface area (Å²) in [4.78, 5) is 15.3. The number of carbonyl (C=O) groups excluding carboxylic acids is 1. The number of anilines is 1. The Balaban J connectivity index is 2.44. The van der Waals surface area contributed by atoms with E-state index in [0.717, 1.165) is 16.6 Å². The van der Waals surface area contributed by atoms with Crippen LogP contribution in [0.15, 0.2) is 18.2 Å². The van der Waals surface area contributed by atoms with Crippen molar-refractivity contribution >= 4 is 44.6 Å². The second-order valence-electron chi connectivity index (χ2n) is 5.93. The average Bonchev–Trinajstić information content (AvgIpc) is 2.71. The maximum absolute atomic E-state index is 12.8. The minimum absolute atomic E-state index is 0.00789. The standard InChI is InChI=1S/C16H21ClN2OS/c1-9(2)8-19(10(3)4)16(20)15-14(18)12-6-5-11(17)7-13(12)21-15/h5-7,9-10H,8,18H2,1-4H3. The molecule has 0 aliphatic rings. The predicted octanol–water partition coefficient (Wildman–Crippen LogP) is 4.64. The molecular formula is C16H21ClN2OS. The van der Waals surface area contributed by atoms with E-state index in [1.54, 1.807) is 6.07 Å². The third-order valence-corrected chi connectivity index (χ3v) is 4.72. The number of nitrogens with two attached hydrogens (primary N) is 1. The summed E-state index contributed by atoms with van der Waals surface area (Å²) in [5.41, 5.74) is 6.74. The summed E-state index contributed by atoms with van der Waals surface area (Å²) >= 11 is 7.43.